The summed E-state index contributed by atoms with van der Waals surface area (Å²) in [5.41, 5.74) is 6.15. The highest BCUT2D eigenvalue weighted by molar-refractivity contribution is 4.99. The van der Waals surface area contributed by atoms with Gasteiger partial charge in [0.15, 0.2) is 0 Å². The molecule has 0 aromatic rings. The second kappa shape index (κ2) is 5.08. The van der Waals surface area contributed by atoms with Crippen LogP contribution < -0.4 is 5.73 Å². The van der Waals surface area contributed by atoms with Gasteiger partial charge in [0.25, 0.3) is 0 Å². The van der Waals surface area contributed by atoms with Gasteiger partial charge in [-0.2, -0.15) is 0 Å². The predicted molar refractivity (Wildman–Crippen MR) is 72.6 cm³/mol. The average molecular weight is 256 g/mol. The lowest BCUT2D eigenvalue weighted by molar-refractivity contribution is -0.170. The molecule has 0 aromatic carbocycles. The third kappa shape index (κ3) is 2.87. The molecule has 2 aliphatic rings. The minimum Gasteiger partial charge on any atom is -0.378 e. The molecule has 106 valence electrons. The molecular formula is C14H28N2O2. The van der Waals surface area contributed by atoms with Gasteiger partial charge in [0.2, 0.25) is 0 Å². The summed E-state index contributed by atoms with van der Waals surface area (Å²) in [7, 11) is 0. The lowest BCUT2D eigenvalue weighted by atomic mass is 9.83. The van der Waals surface area contributed by atoms with Crippen LogP contribution in [0.4, 0.5) is 0 Å². The second-order valence-corrected chi connectivity index (χ2v) is 6.63. The van der Waals surface area contributed by atoms with Crippen molar-refractivity contribution in [1.82, 2.24) is 4.90 Å². The van der Waals surface area contributed by atoms with Crippen LogP contribution in [0.25, 0.3) is 0 Å². The summed E-state index contributed by atoms with van der Waals surface area (Å²) in [5.74, 6) is 0. The van der Waals surface area contributed by atoms with Crippen LogP contribution >= 0.6 is 0 Å². The molecule has 18 heavy (non-hydrogen) atoms. The van der Waals surface area contributed by atoms with Gasteiger partial charge in [0.1, 0.15) is 0 Å². The van der Waals surface area contributed by atoms with Gasteiger partial charge in [-0.05, 0) is 40.5 Å². The highest BCUT2D eigenvalue weighted by atomic mass is 16.5. The zero-order valence-corrected chi connectivity index (χ0v) is 12.2. The third-order valence-corrected chi connectivity index (χ3v) is 4.26. The van der Waals surface area contributed by atoms with Crippen molar-refractivity contribution in [3.05, 3.63) is 0 Å². The van der Waals surface area contributed by atoms with Gasteiger partial charge >= 0.3 is 0 Å². The third-order valence-electron chi connectivity index (χ3n) is 4.26. The molecule has 2 saturated heterocycles. The van der Waals surface area contributed by atoms with Crippen LogP contribution in [-0.2, 0) is 9.47 Å². The molecule has 2 fully saturated rings. The van der Waals surface area contributed by atoms with E-state index in [0.29, 0.717) is 12.6 Å². The number of hydrogen-bond acceptors (Lipinski definition) is 4. The molecule has 0 bridgehead atoms. The number of rotatable bonds is 2. The van der Waals surface area contributed by atoms with Crippen LogP contribution in [0.5, 0.6) is 0 Å². The van der Waals surface area contributed by atoms with E-state index in [9.17, 15) is 0 Å². The Hall–Kier alpha value is -0.160. The fraction of sp³-hybridized carbons (Fsp3) is 1.00. The van der Waals surface area contributed by atoms with Crippen molar-refractivity contribution in [3.8, 4) is 0 Å². The van der Waals surface area contributed by atoms with E-state index in [1.165, 1.54) is 0 Å². The smallest absolute Gasteiger partial charge is 0.0757 e. The molecule has 2 rings (SSSR count). The van der Waals surface area contributed by atoms with Crippen LogP contribution in [0.1, 0.15) is 40.5 Å². The van der Waals surface area contributed by atoms with Crippen LogP contribution in [0, 0.1) is 0 Å². The maximum atomic E-state index is 6.13. The largest absolute Gasteiger partial charge is 0.378 e. The summed E-state index contributed by atoms with van der Waals surface area (Å²) in [6.45, 7) is 12.1. The number of hydrogen-bond donors (Lipinski definition) is 1. The van der Waals surface area contributed by atoms with E-state index in [1.54, 1.807) is 0 Å². The van der Waals surface area contributed by atoms with Crippen molar-refractivity contribution in [2.45, 2.75) is 63.9 Å². The van der Waals surface area contributed by atoms with E-state index in [-0.39, 0.29) is 17.2 Å². The molecule has 3 unspecified atom stereocenters. The van der Waals surface area contributed by atoms with Gasteiger partial charge in [-0.15, -0.1) is 0 Å². The van der Waals surface area contributed by atoms with Crippen molar-refractivity contribution in [2.24, 2.45) is 5.73 Å². The molecule has 0 aliphatic carbocycles. The average Bonchev–Trinajstić information content (AvgIpc) is 2.26. The lowest BCUT2D eigenvalue weighted by Crippen LogP contribution is -2.65. The first-order valence-electron chi connectivity index (χ1n) is 7.11. The topological polar surface area (TPSA) is 47.7 Å². The summed E-state index contributed by atoms with van der Waals surface area (Å²) < 4.78 is 11.7. The molecule has 0 aromatic heterocycles. The molecular weight excluding hydrogens is 228 g/mol. The number of nitrogens with two attached hydrogens (primary N) is 1. The van der Waals surface area contributed by atoms with E-state index in [4.69, 9.17) is 15.2 Å². The Morgan fingerprint density at radius 3 is 2.56 bits per heavy atom. The van der Waals surface area contributed by atoms with Gasteiger partial charge < -0.3 is 15.2 Å². The zero-order valence-electron chi connectivity index (χ0n) is 12.2. The quantitative estimate of drug-likeness (QED) is 0.811. The van der Waals surface area contributed by atoms with E-state index in [0.717, 1.165) is 32.5 Å². The first kappa shape index (κ1) is 14.3. The Balaban J connectivity index is 2.16. The molecule has 4 heteroatoms. The predicted octanol–water partition coefficient (Wildman–Crippen LogP) is 1.38. The zero-order chi connectivity index (χ0) is 13.4. The van der Waals surface area contributed by atoms with Crippen molar-refractivity contribution in [2.75, 3.05) is 26.2 Å². The van der Waals surface area contributed by atoms with E-state index >= 15 is 0 Å². The highest BCUT2D eigenvalue weighted by Crippen LogP contribution is 2.34. The Kier molecular flexibility index (Phi) is 4.02. The fourth-order valence-corrected chi connectivity index (χ4v) is 3.56. The van der Waals surface area contributed by atoms with Crippen molar-refractivity contribution < 1.29 is 9.47 Å². The summed E-state index contributed by atoms with van der Waals surface area (Å²) >= 11 is 0. The van der Waals surface area contributed by atoms with Crippen LogP contribution in [0.3, 0.4) is 0 Å². The number of morpholine rings is 1. The maximum absolute atomic E-state index is 6.13. The Morgan fingerprint density at radius 1 is 1.28 bits per heavy atom. The monoisotopic (exact) mass is 256 g/mol. The summed E-state index contributed by atoms with van der Waals surface area (Å²) in [5, 5.41) is 0. The maximum Gasteiger partial charge on any atom is 0.0757 e. The molecule has 4 nitrogen and oxygen atoms in total. The highest BCUT2D eigenvalue weighted by Gasteiger charge is 2.44. The molecule has 0 amide bonds. The van der Waals surface area contributed by atoms with E-state index in [1.807, 2.05) is 0 Å². The first-order chi connectivity index (χ1) is 8.37. The van der Waals surface area contributed by atoms with E-state index in [2.05, 4.69) is 32.6 Å². The minimum atomic E-state index is -0.0820. The van der Waals surface area contributed by atoms with Gasteiger partial charge in [-0.3, -0.25) is 4.90 Å². The van der Waals surface area contributed by atoms with Gasteiger partial charge in [0.05, 0.1) is 17.8 Å². The number of nitrogens with zero attached hydrogens (tertiary/aromatic N) is 1. The standard InChI is InChI=1S/C14H28N2O2/c1-11-7-14(9-15,5-6-17-11)16-8-12(2)18-13(3,4)10-16/h11-12H,5-10,15H2,1-4H3. The normalized spacial score (nSPS) is 41.8. The fourth-order valence-electron chi connectivity index (χ4n) is 3.56. The molecule has 0 radical (unpaired) electrons. The summed E-state index contributed by atoms with van der Waals surface area (Å²) in [4.78, 5) is 2.56. The van der Waals surface area contributed by atoms with Crippen molar-refractivity contribution >= 4 is 0 Å². The molecule has 2 aliphatic heterocycles. The Morgan fingerprint density at radius 2 is 2.00 bits per heavy atom. The molecule has 3 atom stereocenters. The first-order valence-corrected chi connectivity index (χ1v) is 7.11. The van der Waals surface area contributed by atoms with Gasteiger partial charge in [0, 0.05) is 31.8 Å². The summed E-state index contributed by atoms with van der Waals surface area (Å²) in [6.07, 6.45) is 2.65. The Bertz CT molecular complexity index is 296. The Labute approximate surface area is 111 Å². The summed E-state index contributed by atoms with van der Waals surface area (Å²) in [6, 6.07) is 0. The number of ether oxygens (including phenoxy) is 2. The van der Waals surface area contributed by atoms with Crippen LogP contribution in [0.2, 0.25) is 0 Å². The van der Waals surface area contributed by atoms with Crippen molar-refractivity contribution in [1.29, 1.82) is 0 Å². The molecule has 0 spiro atoms. The van der Waals surface area contributed by atoms with Crippen molar-refractivity contribution in [3.63, 3.8) is 0 Å². The van der Waals surface area contributed by atoms with E-state index < -0.39 is 0 Å². The lowest BCUT2D eigenvalue weighted by Gasteiger charge is -2.53. The van der Waals surface area contributed by atoms with Gasteiger partial charge in [-0.1, -0.05) is 0 Å². The molecule has 2 heterocycles. The van der Waals surface area contributed by atoms with Crippen LogP contribution in [-0.4, -0.2) is 54.5 Å². The SMILES string of the molecule is CC1CC(CN)(N2CC(C)OC(C)(C)C2)CCO1. The van der Waals surface area contributed by atoms with Crippen LogP contribution in [0.15, 0.2) is 0 Å². The second-order valence-electron chi connectivity index (χ2n) is 6.63. The molecule has 2 N–H and O–H groups in total. The minimum absolute atomic E-state index is 0.0820. The van der Waals surface area contributed by atoms with Gasteiger partial charge in [-0.25, -0.2) is 0 Å². The molecule has 0 saturated carbocycles.